The molecule has 0 fully saturated rings. The zero-order chi connectivity index (χ0) is 12.3. The molecule has 0 aliphatic rings. The van der Waals surface area contributed by atoms with Crippen LogP contribution >= 0.6 is 0 Å². The van der Waals surface area contributed by atoms with E-state index in [1.807, 2.05) is 0 Å². The molecule has 0 aliphatic carbocycles. The zero-order valence-corrected chi connectivity index (χ0v) is 9.32. The SMILES string of the molecule is COC(=O)c1ccc(Oc2nnnn2C)cc1. The molecule has 0 saturated heterocycles. The third-order valence-corrected chi connectivity index (χ3v) is 2.07. The van der Waals surface area contributed by atoms with Crippen LogP contribution in [0.2, 0.25) is 0 Å². The van der Waals surface area contributed by atoms with Gasteiger partial charge in [0.15, 0.2) is 0 Å². The number of tetrazole rings is 1. The Morgan fingerprint density at radius 3 is 2.53 bits per heavy atom. The molecule has 0 atom stereocenters. The second-order valence-electron chi connectivity index (χ2n) is 3.20. The van der Waals surface area contributed by atoms with E-state index < -0.39 is 5.97 Å². The van der Waals surface area contributed by atoms with Crippen molar-refractivity contribution < 1.29 is 14.3 Å². The van der Waals surface area contributed by atoms with Crippen LogP contribution in [0.3, 0.4) is 0 Å². The van der Waals surface area contributed by atoms with Gasteiger partial charge in [-0.25, -0.2) is 4.79 Å². The maximum absolute atomic E-state index is 11.2. The molecule has 1 aromatic carbocycles. The van der Waals surface area contributed by atoms with E-state index in [0.717, 1.165) is 0 Å². The van der Waals surface area contributed by atoms with E-state index >= 15 is 0 Å². The van der Waals surface area contributed by atoms with E-state index in [9.17, 15) is 4.79 Å². The molecule has 0 spiro atoms. The van der Waals surface area contributed by atoms with Crippen LogP contribution in [-0.2, 0) is 11.8 Å². The van der Waals surface area contributed by atoms with Gasteiger partial charge >= 0.3 is 12.0 Å². The van der Waals surface area contributed by atoms with Gasteiger partial charge in [0.25, 0.3) is 0 Å². The molecule has 17 heavy (non-hydrogen) atoms. The van der Waals surface area contributed by atoms with Gasteiger partial charge in [-0.3, -0.25) is 0 Å². The number of hydrogen-bond acceptors (Lipinski definition) is 6. The van der Waals surface area contributed by atoms with Crippen LogP contribution in [-0.4, -0.2) is 33.3 Å². The number of esters is 1. The minimum absolute atomic E-state index is 0.274. The van der Waals surface area contributed by atoms with E-state index in [-0.39, 0.29) is 6.01 Å². The first-order valence-electron chi connectivity index (χ1n) is 4.79. The molecule has 2 aromatic rings. The maximum atomic E-state index is 11.2. The van der Waals surface area contributed by atoms with Crippen molar-refractivity contribution in [1.29, 1.82) is 0 Å². The normalized spacial score (nSPS) is 10.0. The average molecular weight is 234 g/mol. The summed E-state index contributed by atoms with van der Waals surface area (Å²) in [5.74, 6) is 0.146. The summed E-state index contributed by atoms with van der Waals surface area (Å²) in [5, 5.41) is 10.7. The standard InChI is InChI=1S/C10H10N4O3/c1-14-10(11-12-13-14)17-8-5-3-7(4-6-8)9(15)16-2/h3-6H,1-2H3. The highest BCUT2D eigenvalue weighted by Crippen LogP contribution is 2.18. The van der Waals surface area contributed by atoms with Crippen molar-refractivity contribution in [3.05, 3.63) is 29.8 Å². The van der Waals surface area contributed by atoms with Crippen molar-refractivity contribution in [2.45, 2.75) is 0 Å². The highest BCUT2D eigenvalue weighted by atomic mass is 16.5. The first-order valence-corrected chi connectivity index (χ1v) is 4.79. The largest absolute Gasteiger partial charge is 0.465 e. The number of nitrogens with zero attached hydrogens (tertiary/aromatic N) is 4. The number of rotatable bonds is 3. The quantitative estimate of drug-likeness (QED) is 0.730. The van der Waals surface area contributed by atoms with Crippen molar-refractivity contribution in [1.82, 2.24) is 20.2 Å². The number of hydrogen-bond donors (Lipinski definition) is 0. The van der Waals surface area contributed by atoms with Crippen molar-refractivity contribution in [3.63, 3.8) is 0 Å². The van der Waals surface area contributed by atoms with Crippen molar-refractivity contribution in [2.75, 3.05) is 7.11 Å². The third-order valence-electron chi connectivity index (χ3n) is 2.07. The van der Waals surface area contributed by atoms with Gasteiger partial charge in [0.2, 0.25) is 0 Å². The smallest absolute Gasteiger partial charge is 0.340 e. The molecular formula is C10H10N4O3. The lowest BCUT2D eigenvalue weighted by molar-refractivity contribution is 0.0600. The van der Waals surface area contributed by atoms with Crippen LogP contribution in [0, 0.1) is 0 Å². The van der Waals surface area contributed by atoms with Crippen LogP contribution < -0.4 is 4.74 Å². The first kappa shape index (κ1) is 11.1. The Balaban J connectivity index is 2.14. The summed E-state index contributed by atoms with van der Waals surface area (Å²) >= 11 is 0. The Kier molecular flexibility index (Phi) is 2.99. The van der Waals surface area contributed by atoms with E-state index in [1.54, 1.807) is 31.3 Å². The molecule has 0 unspecified atom stereocenters. The van der Waals surface area contributed by atoms with Crippen LogP contribution in [0.4, 0.5) is 0 Å². The van der Waals surface area contributed by atoms with Crippen LogP contribution in [0.25, 0.3) is 0 Å². The van der Waals surface area contributed by atoms with Crippen LogP contribution in [0.1, 0.15) is 10.4 Å². The van der Waals surface area contributed by atoms with Gasteiger partial charge in [0, 0.05) is 7.05 Å². The molecule has 7 nitrogen and oxygen atoms in total. The lowest BCUT2D eigenvalue weighted by Crippen LogP contribution is -2.01. The molecule has 88 valence electrons. The molecule has 0 aliphatic heterocycles. The predicted octanol–water partition coefficient (Wildman–Crippen LogP) is 0.789. The summed E-state index contributed by atoms with van der Waals surface area (Å²) in [7, 11) is 3.00. The molecule has 7 heteroatoms. The minimum atomic E-state index is -0.392. The topological polar surface area (TPSA) is 79.1 Å². The summed E-state index contributed by atoms with van der Waals surface area (Å²) in [5.41, 5.74) is 0.455. The lowest BCUT2D eigenvalue weighted by Gasteiger charge is -2.03. The molecule has 0 amide bonds. The molecular weight excluding hydrogens is 224 g/mol. The Bertz CT molecular complexity index is 521. The van der Waals surface area contributed by atoms with Gasteiger partial charge < -0.3 is 9.47 Å². The van der Waals surface area contributed by atoms with E-state index in [1.165, 1.54) is 11.8 Å². The Labute approximate surface area is 97.0 Å². The second kappa shape index (κ2) is 4.60. The summed E-state index contributed by atoms with van der Waals surface area (Å²) in [6, 6.07) is 6.76. The maximum Gasteiger partial charge on any atom is 0.340 e. The second-order valence-corrected chi connectivity index (χ2v) is 3.20. The number of carbonyl (C=O) groups excluding carboxylic acids is 1. The highest BCUT2D eigenvalue weighted by molar-refractivity contribution is 5.89. The van der Waals surface area contributed by atoms with Gasteiger partial charge in [0.05, 0.1) is 12.7 Å². The fourth-order valence-corrected chi connectivity index (χ4v) is 1.19. The van der Waals surface area contributed by atoms with Crippen molar-refractivity contribution >= 4 is 5.97 Å². The van der Waals surface area contributed by atoms with Crippen molar-refractivity contribution in [2.24, 2.45) is 7.05 Å². The predicted molar refractivity (Wildman–Crippen MR) is 56.7 cm³/mol. The number of ether oxygens (including phenoxy) is 2. The van der Waals surface area contributed by atoms with E-state index in [0.29, 0.717) is 11.3 Å². The van der Waals surface area contributed by atoms with E-state index in [4.69, 9.17) is 4.74 Å². The summed E-state index contributed by atoms with van der Waals surface area (Å²) in [6.07, 6.45) is 0. The number of benzene rings is 1. The van der Waals surface area contributed by atoms with Gasteiger partial charge in [-0.2, -0.15) is 4.68 Å². The van der Waals surface area contributed by atoms with Gasteiger partial charge in [-0.05, 0) is 34.7 Å². The van der Waals surface area contributed by atoms with Crippen LogP contribution in [0.15, 0.2) is 24.3 Å². The number of methoxy groups -OCH3 is 1. The van der Waals surface area contributed by atoms with Crippen molar-refractivity contribution in [3.8, 4) is 11.8 Å². The Morgan fingerprint density at radius 2 is 2.00 bits per heavy atom. The Hall–Kier alpha value is -2.44. The van der Waals surface area contributed by atoms with Gasteiger partial charge in [-0.15, -0.1) is 0 Å². The van der Waals surface area contributed by atoms with Gasteiger partial charge in [0.1, 0.15) is 5.75 Å². The molecule has 0 bridgehead atoms. The molecule has 1 aromatic heterocycles. The fourth-order valence-electron chi connectivity index (χ4n) is 1.19. The molecule has 0 saturated carbocycles. The highest BCUT2D eigenvalue weighted by Gasteiger charge is 2.07. The lowest BCUT2D eigenvalue weighted by atomic mass is 10.2. The molecule has 2 rings (SSSR count). The third kappa shape index (κ3) is 2.39. The number of aryl methyl sites for hydroxylation is 1. The monoisotopic (exact) mass is 234 g/mol. The Morgan fingerprint density at radius 1 is 1.29 bits per heavy atom. The minimum Gasteiger partial charge on any atom is -0.465 e. The molecule has 0 N–H and O–H groups in total. The van der Waals surface area contributed by atoms with Crippen LogP contribution in [0.5, 0.6) is 11.8 Å². The summed E-state index contributed by atoms with van der Waals surface area (Å²) < 4.78 is 11.4. The zero-order valence-electron chi connectivity index (χ0n) is 9.32. The number of aromatic nitrogens is 4. The average Bonchev–Trinajstić information content (AvgIpc) is 2.75. The van der Waals surface area contributed by atoms with E-state index in [2.05, 4.69) is 20.3 Å². The number of carbonyl (C=O) groups is 1. The summed E-state index contributed by atoms with van der Waals surface area (Å²) in [6.45, 7) is 0. The van der Waals surface area contributed by atoms with Gasteiger partial charge in [-0.1, -0.05) is 5.10 Å². The first-order chi connectivity index (χ1) is 8.20. The summed E-state index contributed by atoms with van der Waals surface area (Å²) in [4.78, 5) is 11.2. The molecule has 0 radical (unpaired) electrons. The molecule has 1 heterocycles. The fraction of sp³-hybridized carbons (Fsp3) is 0.200.